The molecule has 22 heavy (non-hydrogen) atoms. The Hall–Kier alpha value is -2.82. The molecule has 2 aromatic heterocycles. The van der Waals surface area contributed by atoms with E-state index in [0.29, 0.717) is 17.9 Å². The monoisotopic (exact) mass is 295 g/mol. The number of aromatic nitrogens is 2. The van der Waals surface area contributed by atoms with Crippen LogP contribution in [0, 0.1) is 6.92 Å². The molecule has 0 radical (unpaired) electrons. The zero-order chi connectivity index (χ0) is 15.5. The molecule has 1 aromatic carbocycles. The van der Waals surface area contributed by atoms with Crippen molar-refractivity contribution in [1.82, 2.24) is 14.7 Å². The van der Waals surface area contributed by atoms with Gasteiger partial charge in [0.15, 0.2) is 0 Å². The Labute approximate surface area is 128 Å². The molecule has 2 heterocycles. The number of imidazole rings is 1. The number of carbonyl (C=O) groups is 1. The topological polar surface area (TPSA) is 55.6 Å². The van der Waals surface area contributed by atoms with E-state index < -0.39 is 0 Å². The van der Waals surface area contributed by atoms with Gasteiger partial charge < -0.3 is 14.5 Å². The Kier molecular flexibility index (Phi) is 3.78. The molecule has 5 nitrogen and oxygen atoms in total. The van der Waals surface area contributed by atoms with Crippen molar-refractivity contribution < 1.29 is 9.53 Å². The molecular weight excluding hydrogens is 278 g/mol. The Morgan fingerprint density at radius 3 is 2.86 bits per heavy atom. The van der Waals surface area contributed by atoms with Crippen molar-refractivity contribution in [1.29, 1.82) is 0 Å². The van der Waals surface area contributed by atoms with Gasteiger partial charge in [0.25, 0.3) is 5.91 Å². The van der Waals surface area contributed by atoms with Crippen LogP contribution < -0.4 is 10.1 Å². The van der Waals surface area contributed by atoms with Crippen LogP contribution in [0.5, 0.6) is 5.75 Å². The minimum atomic E-state index is -0.166. The number of benzene rings is 1. The molecule has 112 valence electrons. The van der Waals surface area contributed by atoms with Crippen LogP contribution >= 0.6 is 0 Å². The first-order chi connectivity index (χ1) is 10.7. The maximum Gasteiger partial charge on any atom is 0.254 e. The molecule has 0 atom stereocenters. The predicted octanol–water partition coefficient (Wildman–Crippen LogP) is 2.58. The zero-order valence-electron chi connectivity index (χ0n) is 12.5. The first-order valence-corrected chi connectivity index (χ1v) is 7.05. The predicted molar refractivity (Wildman–Crippen MR) is 84.1 cm³/mol. The largest absolute Gasteiger partial charge is 0.486 e. The molecule has 3 aromatic rings. The maximum atomic E-state index is 11.8. The minimum Gasteiger partial charge on any atom is -0.486 e. The van der Waals surface area contributed by atoms with E-state index in [2.05, 4.69) is 10.3 Å². The molecule has 1 N–H and O–H groups in total. The van der Waals surface area contributed by atoms with E-state index in [-0.39, 0.29) is 5.91 Å². The third-order valence-corrected chi connectivity index (χ3v) is 3.38. The van der Waals surface area contributed by atoms with E-state index >= 15 is 0 Å². The highest BCUT2D eigenvalue weighted by Crippen LogP contribution is 2.19. The van der Waals surface area contributed by atoms with Gasteiger partial charge in [-0.15, -0.1) is 0 Å². The first-order valence-electron chi connectivity index (χ1n) is 7.05. The lowest BCUT2D eigenvalue weighted by Crippen LogP contribution is -2.18. The van der Waals surface area contributed by atoms with E-state index in [1.807, 2.05) is 48.0 Å². The lowest BCUT2D eigenvalue weighted by atomic mass is 10.2. The summed E-state index contributed by atoms with van der Waals surface area (Å²) in [6, 6.07) is 11.2. The second-order valence-corrected chi connectivity index (χ2v) is 5.07. The summed E-state index contributed by atoms with van der Waals surface area (Å²) in [6.45, 7) is 2.35. The number of ether oxygens (including phenoxy) is 1. The Morgan fingerprint density at radius 2 is 2.05 bits per heavy atom. The molecule has 0 saturated carbocycles. The fraction of sp³-hybridized carbons (Fsp3) is 0.176. The number of amides is 1. The lowest BCUT2D eigenvalue weighted by molar-refractivity contribution is 0.0958. The van der Waals surface area contributed by atoms with Crippen LogP contribution in [0.1, 0.15) is 21.6 Å². The Morgan fingerprint density at radius 1 is 1.23 bits per heavy atom. The first kappa shape index (κ1) is 14.1. The fourth-order valence-corrected chi connectivity index (χ4v) is 2.29. The van der Waals surface area contributed by atoms with Gasteiger partial charge in [-0.05, 0) is 30.7 Å². The van der Waals surface area contributed by atoms with Gasteiger partial charge in [-0.2, -0.15) is 0 Å². The summed E-state index contributed by atoms with van der Waals surface area (Å²) in [5.41, 5.74) is 3.38. The third-order valence-electron chi connectivity index (χ3n) is 3.38. The average molecular weight is 295 g/mol. The van der Waals surface area contributed by atoms with Crippen molar-refractivity contribution in [3.8, 4) is 5.75 Å². The summed E-state index contributed by atoms with van der Waals surface area (Å²) in [6.07, 6.45) is 3.95. The van der Waals surface area contributed by atoms with Crippen molar-refractivity contribution in [3.63, 3.8) is 0 Å². The van der Waals surface area contributed by atoms with Gasteiger partial charge in [0.2, 0.25) is 0 Å². The number of hydrogen-bond acceptors (Lipinski definition) is 3. The molecule has 0 aliphatic heterocycles. The summed E-state index contributed by atoms with van der Waals surface area (Å²) in [5, 5.41) is 2.61. The van der Waals surface area contributed by atoms with Crippen molar-refractivity contribution in [2.75, 3.05) is 7.05 Å². The van der Waals surface area contributed by atoms with E-state index in [1.54, 1.807) is 19.2 Å². The highest BCUT2D eigenvalue weighted by molar-refractivity contribution is 5.96. The van der Waals surface area contributed by atoms with Crippen molar-refractivity contribution >= 4 is 11.6 Å². The van der Waals surface area contributed by atoms with Gasteiger partial charge >= 0.3 is 0 Å². The summed E-state index contributed by atoms with van der Waals surface area (Å²) in [5.74, 6) is 0.385. The van der Waals surface area contributed by atoms with Gasteiger partial charge in [-0.1, -0.05) is 18.2 Å². The molecule has 0 bridgehead atoms. The van der Waals surface area contributed by atoms with Crippen molar-refractivity contribution in [3.05, 3.63) is 65.6 Å². The van der Waals surface area contributed by atoms with Gasteiger partial charge in [-0.25, -0.2) is 4.98 Å². The lowest BCUT2D eigenvalue weighted by Gasteiger charge is -2.09. The molecule has 0 spiro atoms. The van der Waals surface area contributed by atoms with E-state index in [1.165, 1.54) is 5.56 Å². The molecule has 1 amide bonds. The zero-order valence-corrected chi connectivity index (χ0v) is 12.5. The number of carbonyl (C=O) groups excluding carboxylic acids is 1. The summed E-state index contributed by atoms with van der Waals surface area (Å²) >= 11 is 0. The number of nitrogens with zero attached hydrogens (tertiary/aromatic N) is 2. The maximum absolute atomic E-state index is 11.8. The van der Waals surface area contributed by atoms with Crippen LogP contribution in [0.25, 0.3) is 5.65 Å². The van der Waals surface area contributed by atoms with E-state index in [9.17, 15) is 4.79 Å². The second kappa shape index (κ2) is 5.89. The highest BCUT2D eigenvalue weighted by Gasteiger charge is 2.11. The third kappa shape index (κ3) is 2.79. The highest BCUT2D eigenvalue weighted by atomic mass is 16.5. The summed E-state index contributed by atoms with van der Waals surface area (Å²) < 4.78 is 7.74. The number of pyridine rings is 1. The Bertz CT molecular complexity index is 824. The van der Waals surface area contributed by atoms with Gasteiger partial charge in [0, 0.05) is 19.4 Å². The minimum absolute atomic E-state index is 0.166. The molecule has 0 aliphatic carbocycles. The Balaban J connectivity index is 1.81. The molecule has 3 rings (SSSR count). The SMILES string of the molecule is CNC(=O)c1ccccc1OCc1cn2cc(C)ccc2n1. The van der Waals surface area contributed by atoms with E-state index in [0.717, 1.165) is 11.3 Å². The number of para-hydroxylation sites is 1. The number of nitrogens with one attached hydrogen (secondary N) is 1. The van der Waals surface area contributed by atoms with Crippen LogP contribution in [0.3, 0.4) is 0 Å². The van der Waals surface area contributed by atoms with E-state index in [4.69, 9.17) is 4.74 Å². The quantitative estimate of drug-likeness (QED) is 0.805. The smallest absolute Gasteiger partial charge is 0.254 e. The number of rotatable bonds is 4. The normalized spacial score (nSPS) is 10.6. The van der Waals surface area contributed by atoms with Crippen LogP contribution in [0.15, 0.2) is 48.8 Å². The van der Waals surface area contributed by atoms with Gasteiger partial charge in [0.05, 0.1) is 11.3 Å². The van der Waals surface area contributed by atoms with Gasteiger partial charge in [-0.3, -0.25) is 4.79 Å². The van der Waals surface area contributed by atoms with Crippen molar-refractivity contribution in [2.45, 2.75) is 13.5 Å². The summed E-state index contributed by atoms with van der Waals surface area (Å²) in [7, 11) is 1.60. The number of hydrogen-bond donors (Lipinski definition) is 1. The molecule has 5 heteroatoms. The standard InChI is InChI=1S/C17H17N3O2/c1-12-7-8-16-19-13(10-20(16)9-12)11-22-15-6-4-3-5-14(15)17(21)18-2/h3-10H,11H2,1-2H3,(H,18,21). The van der Waals surface area contributed by atoms with Crippen LogP contribution in [0.4, 0.5) is 0 Å². The molecule has 0 aliphatic rings. The van der Waals surface area contributed by atoms with Crippen molar-refractivity contribution in [2.24, 2.45) is 0 Å². The fourth-order valence-electron chi connectivity index (χ4n) is 2.29. The number of fused-ring (bicyclic) bond motifs is 1. The van der Waals surface area contributed by atoms with Crippen LogP contribution in [-0.2, 0) is 6.61 Å². The van der Waals surface area contributed by atoms with Gasteiger partial charge in [0.1, 0.15) is 18.0 Å². The van der Waals surface area contributed by atoms with Crippen LogP contribution in [-0.4, -0.2) is 22.3 Å². The van der Waals surface area contributed by atoms with Crippen LogP contribution in [0.2, 0.25) is 0 Å². The molecular formula is C17H17N3O2. The number of aryl methyl sites for hydroxylation is 1. The average Bonchev–Trinajstić information content (AvgIpc) is 2.94. The molecule has 0 fully saturated rings. The summed E-state index contributed by atoms with van der Waals surface area (Å²) in [4.78, 5) is 16.3. The molecule has 0 saturated heterocycles. The second-order valence-electron chi connectivity index (χ2n) is 5.07. The molecule has 0 unspecified atom stereocenters.